The van der Waals surface area contributed by atoms with E-state index in [0.29, 0.717) is 0 Å². The largest absolute Gasteiger partial charge is 0.383 e. The van der Waals surface area contributed by atoms with Crippen LogP contribution in [-0.2, 0) is 0 Å². The lowest BCUT2D eigenvalue weighted by atomic mass is 9.87. The second-order valence-electron chi connectivity index (χ2n) is 5.08. The number of aliphatic hydroxyl groups is 1. The van der Waals surface area contributed by atoms with Crippen LogP contribution >= 0.6 is 27.3 Å². The Morgan fingerprint density at radius 3 is 1.79 bits per heavy atom. The Morgan fingerprint density at radius 2 is 1.37 bits per heavy atom. The van der Waals surface area contributed by atoms with Gasteiger partial charge in [-0.2, -0.15) is 0 Å². The molecular formula is C16H19BrOS. The second kappa shape index (κ2) is 5.39. The Labute approximate surface area is 127 Å². The number of rotatable bonds is 2. The van der Waals surface area contributed by atoms with Crippen molar-refractivity contribution in [2.24, 2.45) is 0 Å². The maximum Gasteiger partial charge on any atom is 0.114 e. The smallest absolute Gasteiger partial charge is 0.114 e. The molecule has 2 rings (SSSR count). The summed E-state index contributed by atoms with van der Waals surface area (Å²) in [5.74, 6) is 0. The van der Waals surface area contributed by atoms with Gasteiger partial charge in [0.05, 0.1) is 3.79 Å². The first-order valence-electron chi connectivity index (χ1n) is 6.34. The van der Waals surface area contributed by atoms with E-state index in [-0.39, 0.29) is 0 Å². The lowest BCUT2D eigenvalue weighted by molar-refractivity contribution is 0.222. The normalized spacial score (nSPS) is 12.8. The summed E-state index contributed by atoms with van der Waals surface area (Å²) in [6.07, 6.45) is -0.533. The molecule has 0 fully saturated rings. The number of hydrogen-bond donors (Lipinski definition) is 1. The highest BCUT2D eigenvalue weighted by atomic mass is 79.9. The van der Waals surface area contributed by atoms with Crippen LogP contribution in [0.5, 0.6) is 0 Å². The van der Waals surface area contributed by atoms with Crippen LogP contribution in [-0.4, -0.2) is 5.11 Å². The van der Waals surface area contributed by atoms with Crippen molar-refractivity contribution in [2.45, 2.75) is 40.7 Å². The molecule has 1 unspecified atom stereocenters. The molecule has 1 N–H and O–H groups in total. The van der Waals surface area contributed by atoms with Gasteiger partial charge in [0.1, 0.15) is 6.10 Å². The van der Waals surface area contributed by atoms with E-state index in [1.54, 1.807) is 11.3 Å². The summed E-state index contributed by atoms with van der Waals surface area (Å²) in [6.45, 7) is 10.6. The fraction of sp³-hybridized carbons (Fsp3) is 0.375. The highest BCUT2D eigenvalue weighted by molar-refractivity contribution is 9.11. The molecule has 0 saturated carbocycles. The topological polar surface area (TPSA) is 20.2 Å². The van der Waals surface area contributed by atoms with Gasteiger partial charge in [-0.05, 0) is 96.1 Å². The average Bonchev–Trinajstić information content (AvgIpc) is 2.81. The van der Waals surface area contributed by atoms with Gasteiger partial charge in [0, 0.05) is 4.88 Å². The molecule has 102 valence electrons. The molecule has 0 aliphatic heterocycles. The summed E-state index contributed by atoms with van der Waals surface area (Å²) in [4.78, 5) is 0.987. The van der Waals surface area contributed by atoms with E-state index in [4.69, 9.17) is 0 Å². The van der Waals surface area contributed by atoms with Crippen molar-refractivity contribution >= 4 is 27.3 Å². The number of benzene rings is 1. The zero-order valence-corrected chi connectivity index (χ0v) is 14.4. The van der Waals surface area contributed by atoms with Gasteiger partial charge >= 0.3 is 0 Å². The van der Waals surface area contributed by atoms with E-state index in [1.807, 2.05) is 12.1 Å². The number of thiophene rings is 1. The zero-order chi connectivity index (χ0) is 14.3. The predicted octanol–water partition coefficient (Wildman–Crippen LogP) is 5.13. The minimum absolute atomic E-state index is 0.533. The standard InChI is InChI=1S/C16H19BrOS/c1-8-9(2)11(4)15(12(5)10(8)3)16(18)13-6-7-14(17)19-13/h6-7,16,18H,1-5H3. The maximum atomic E-state index is 10.7. The summed E-state index contributed by atoms with van der Waals surface area (Å²) in [6, 6.07) is 3.98. The van der Waals surface area contributed by atoms with Crippen LogP contribution in [0, 0.1) is 34.6 Å². The van der Waals surface area contributed by atoms with Crippen LogP contribution in [0.4, 0.5) is 0 Å². The highest BCUT2D eigenvalue weighted by Crippen LogP contribution is 2.37. The Kier molecular flexibility index (Phi) is 4.19. The van der Waals surface area contributed by atoms with Gasteiger partial charge in [-0.25, -0.2) is 0 Å². The Balaban J connectivity index is 2.63. The van der Waals surface area contributed by atoms with E-state index in [1.165, 1.54) is 27.8 Å². The summed E-state index contributed by atoms with van der Waals surface area (Å²) in [5.41, 5.74) is 7.38. The van der Waals surface area contributed by atoms with E-state index in [0.717, 1.165) is 14.2 Å². The molecular weight excluding hydrogens is 320 g/mol. The summed E-state index contributed by atoms with van der Waals surface area (Å²) in [5, 5.41) is 10.7. The van der Waals surface area contributed by atoms with Crippen molar-refractivity contribution in [3.05, 3.63) is 54.2 Å². The first-order valence-corrected chi connectivity index (χ1v) is 7.95. The van der Waals surface area contributed by atoms with Crippen LogP contribution in [0.25, 0.3) is 0 Å². The van der Waals surface area contributed by atoms with E-state index in [9.17, 15) is 5.11 Å². The average molecular weight is 339 g/mol. The van der Waals surface area contributed by atoms with Crippen LogP contribution in [0.15, 0.2) is 15.9 Å². The van der Waals surface area contributed by atoms with Crippen molar-refractivity contribution < 1.29 is 5.11 Å². The first-order chi connectivity index (χ1) is 8.84. The fourth-order valence-corrected chi connectivity index (χ4v) is 3.98. The predicted molar refractivity (Wildman–Crippen MR) is 86.2 cm³/mol. The Hall–Kier alpha value is -0.640. The molecule has 0 radical (unpaired) electrons. The number of hydrogen-bond acceptors (Lipinski definition) is 2. The summed E-state index contributed by atoms with van der Waals surface area (Å²) >= 11 is 5.05. The molecule has 3 heteroatoms. The van der Waals surface area contributed by atoms with Gasteiger partial charge in [0.15, 0.2) is 0 Å². The fourth-order valence-electron chi connectivity index (χ4n) is 2.56. The summed E-state index contributed by atoms with van der Waals surface area (Å²) < 4.78 is 1.05. The van der Waals surface area contributed by atoms with Gasteiger partial charge in [-0.15, -0.1) is 11.3 Å². The molecule has 2 aromatic rings. The minimum atomic E-state index is -0.533. The quantitative estimate of drug-likeness (QED) is 0.804. The second-order valence-corrected chi connectivity index (χ2v) is 7.58. The molecule has 0 aliphatic rings. The molecule has 0 spiro atoms. The zero-order valence-electron chi connectivity index (χ0n) is 12.0. The lowest BCUT2D eigenvalue weighted by Crippen LogP contribution is -2.08. The van der Waals surface area contributed by atoms with Crippen LogP contribution < -0.4 is 0 Å². The minimum Gasteiger partial charge on any atom is -0.383 e. The number of halogens is 1. The molecule has 1 nitrogen and oxygen atoms in total. The summed E-state index contributed by atoms with van der Waals surface area (Å²) in [7, 11) is 0. The van der Waals surface area contributed by atoms with Crippen molar-refractivity contribution in [1.82, 2.24) is 0 Å². The molecule has 19 heavy (non-hydrogen) atoms. The molecule has 1 aromatic carbocycles. The van der Waals surface area contributed by atoms with E-state index in [2.05, 4.69) is 50.5 Å². The van der Waals surface area contributed by atoms with Gasteiger partial charge in [0.25, 0.3) is 0 Å². The third-order valence-corrected chi connectivity index (χ3v) is 5.87. The van der Waals surface area contributed by atoms with E-state index < -0.39 is 6.10 Å². The number of aliphatic hydroxyl groups excluding tert-OH is 1. The van der Waals surface area contributed by atoms with Crippen molar-refractivity contribution in [1.29, 1.82) is 0 Å². The molecule has 1 atom stereocenters. The van der Waals surface area contributed by atoms with Crippen molar-refractivity contribution in [2.75, 3.05) is 0 Å². The molecule has 0 bridgehead atoms. The molecule has 0 aliphatic carbocycles. The highest BCUT2D eigenvalue weighted by Gasteiger charge is 2.21. The SMILES string of the molecule is Cc1c(C)c(C)c(C(O)c2ccc(Br)s2)c(C)c1C. The molecule has 1 aromatic heterocycles. The van der Waals surface area contributed by atoms with Crippen molar-refractivity contribution in [3.8, 4) is 0 Å². The van der Waals surface area contributed by atoms with Crippen LogP contribution in [0.2, 0.25) is 0 Å². The monoisotopic (exact) mass is 338 g/mol. The van der Waals surface area contributed by atoms with E-state index >= 15 is 0 Å². The third kappa shape index (κ3) is 2.51. The molecule has 1 heterocycles. The van der Waals surface area contributed by atoms with Gasteiger partial charge in [-0.1, -0.05) is 0 Å². The molecule has 0 amide bonds. The van der Waals surface area contributed by atoms with Crippen molar-refractivity contribution in [3.63, 3.8) is 0 Å². The first kappa shape index (κ1) is 14.8. The van der Waals surface area contributed by atoms with Crippen LogP contribution in [0.1, 0.15) is 44.4 Å². The lowest BCUT2D eigenvalue weighted by Gasteiger charge is -2.22. The van der Waals surface area contributed by atoms with Gasteiger partial charge in [0.2, 0.25) is 0 Å². The Bertz CT molecular complexity index is 599. The third-order valence-electron chi connectivity index (χ3n) is 4.19. The maximum absolute atomic E-state index is 10.7. The van der Waals surface area contributed by atoms with Gasteiger partial charge in [-0.3, -0.25) is 0 Å². The Morgan fingerprint density at radius 1 is 0.895 bits per heavy atom. The molecule has 0 saturated heterocycles. The van der Waals surface area contributed by atoms with Crippen LogP contribution in [0.3, 0.4) is 0 Å². The van der Waals surface area contributed by atoms with Gasteiger partial charge < -0.3 is 5.11 Å².